The SMILES string of the molecule is Oc1cc(C(F)(F)F)ccc1-c1nnc(N[C@@H]2CCCC[C@H]2O)c2c1CCCOC2. The zero-order valence-corrected chi connectivity index (χ0v) is 16.4. The number of aliphatic hydroxyl groups excluding tert-OH is 1. The van der Waals surface area contributed by atoms with Crippen LogP contribution in [0.2, 0.25) is 0 Å². The van der Waals surface area contributed by atoms with Crippen molar-refractivity contribution in [2.75, 3.05) is 11.9 Å². The molecule has 1 aliphatic heterocycles. The molecule has 1 saturated carbocycles. The number of hydrogen-bond donors (Lipinski definition) is 3. The summed E-state index contributed by atoms with van der Waals surface area (Å²) in [5.74, 6) is 0.0305. The van der Waals surface area contributed by atoms with E-state index in [1.165, 1.54) is 6.07 Å². The molecule has 0 bridgehead atoms. The van der Waals surface area contributed by atoms with Crippen molar-refractivity contribution in [3.8, 4) is 17.0 Å². The van der Waals surface area contributed by atoms with Gasteiger partial charge in [-0.1, -0.05) is 12.8 Å². The monoisotopic (exact) mass is 423 g/mol. The van der Waals surface area contributed by atoms with Crippen LogP contribution in [0.5, 0.6) is 5.75 Å². The van der Waals surface area contributed by atoms with E-state index in [1.807, 2.05) is 0 Å². The van der Waals surface area contributed by atoms with E-state index < -0.39 is 23.6 Å². The topological polar surface area (TPSA) is 87.5 Å². The molecule has 0 saturated heterocycles. The third-order valence-corrected chi connectivity index (χ3v) is 5.78. The number of phenolic OH excluding ortho intramolecular Hbond substituents is 1. The summed E-state index contributed by atoms with van der Waals surface area (Å²) in [4.78, 5) is 0. The first-order chi connectivity index (χ1) is 14.3. The highest BCUT2D eigenvalue weighted by atomic mass is 19.4. The summed E-state index contributed by atoms with van der Waals surface area (Å²) >= 11 is 0. The molecule has 162 valence electrons. The molecule has 4 rings (SSSR count). The van der Waals surface area contributed by atoms with Crippen molar-refractivity contribution in [3.05, 3.63) is 34.9 Å². The lowest BCUT2D eigenvalue weighted by molar-refractivity contribution is -0.137. The lowest BCUT2D eigenvalue weighted by atomic mass is 9.92. The van der Waals surface area contributed by atoms with Crippen LogP contribution >= 0.6 is 0 Å². The third kappa shape index (κ3) is 4.22. The largest absolute Gasteiger partial charge is 0.507 e. The van der Waals surface area contributed by atoms with Gasteiger partial charge in [0.2, 0.25) is 0 Å². The zero-order valence-electron chi connectivity index (χ0n) is 16.4. The molecule has 2 atom stereocenters. The van der Waals surface area contributed by atoms with Crippen LogP contribution in [-0.2, 0) is 23.9 Å². The highest BCUT2D eigenvalue weighted by Crippen LogP contribution is 2.39. The second kappa shape index (κ2) is 8.39. The second-order valence-electron chi connectivity index (χ2n) is 7.84. The Morgan fingerprint density at radius 2 is 1.87 bits per heavy atom. The Kier molecular flexibility index (Phi) is 5.84. The van der Waals surface area contributed by atoms with E-state index in [2.05, 4.69) is 15.5 Å². The number of halogens is 3. The number of anilines is 1. The summed E-state index contributed by atoms with van der Waals surface area (Å²) in [6.07, 6.45) is -0.151. The minimum Gasteiger partial charge on any atom is -0.507 e. The number of aliphatic hydroxyl groups is 1. The van der Waals surface area contributed by atoms with Gasteiger partial charge in [-0.15, -0.1) is 10.2 Å². The molecule has 3 N–H and O–H groups in total. The average Bonchev–Trinajstić information content (AvgIpc) is 2.96. The molecule has 1 aromatic heterocycles. The van der Waals surface area contributed by atoms with E-state index in [0.717, 1.165) is 49.3 Å². The number of rotatable bonds is 3. The van der Waals surface area contributed by atoms with Gasteiger partial charge in [-0.25, -0.2) is 0 Å². The van der Waals surface area contributed by atoms with Crippen LogP contribution in [0, 0.1) is 0 Å². The molecule has 0 amide bonds. The molecule has 0 radical (unpaired) electrons. The number of hydrogen-bond acceptors (Lipinski definition) is 6. The predicted octanol–water partition coefficient (Wildman–Crippen LogP) is 4.05. The van der Waals surface area contributed by atoms with Gasteiger partial charge in [-0.2, -0.15) is 13.2 Å². The maximum Gasteiger partial charge on any atom is 0.416 e. The molecule has 6 nitrogen and oxygen atoms in total. The van der Waals surface area contributed by atoms with Crippen LogP contribution < -0.4 is 5.32 Å². The summed E-state index contributed by atoms with van der Waals surface area (Å²) in [6.45, 7) is 0.822. The summed E-state index contributed by atoms with van der Waals surface area (Å²) in [6, 6.07) is 2.74. The second-order valence-corrected chi connectivity index (χ2v) is 7.84. The van der Waals surface area contributed by atoms with Crippen LogP contribution in [-0.4, -0.2) is 39.2 Å². The predicted molar refractivity (Wildman–Crippen MR) is 104 cm³/mol. The van der Waals surface area contributed by atoms with Crippen LogP contribution in [0.25, 0.3) is 11.3 Å². The van der Waals surface area contributed by atoms with E-state index in [4.69, 9.17) is 4.74 Å². The van der Waals surface area contributed by atoms with Crippen LogP contribution in [0.1, 0.15) is 48.8 Å². The number of phenols is 1. The van der Waals surface area contributed by atoms with E-state index in [-0.39, 0.29) is 18.2 Å². The first kappa shape index (κ1) is 20.9. The van der Waals surface area contributed by atoms with Crippen LogP contribution in [0.15, 0.2) is 18.2 Å². The maximum absolute atomic E-state index is 13.0. The smallest absolute Gasteiger partial charge is 0.416 e. The minimum atomic E-state index is -4.54. The molecule has 30 heavy (non-hydrogen) atoms. The highest BCUT2D eigenvalue weighted by molar-refractivity contribution is 5.73. The number of aromatic hydroxyl groups is 1. The standard InChI is InChI=1S/C21H24F3N3O3/c22-21(23,24)12-7-8-14(18(29)10-12)19-13-4-3-9-30-11-15(13)20(27-26-19)25-16-5-1-2-6-17(16)28/h7-8,10,16-17,28-29H,1-6,9,11H2,(H,25,27)/t16-,17-/m1/s1. The fourth-order valence-electron chi connectivity index (χ4n) is 4.15. The Balaban J connectivity index is 1.73. The van der Waals surface area contributed by atoms with Crippen molar-refractivity contribution < 1.29 is 28.1 Å². The quantitative estimate of drug-likeness (QED) is 0.691. The van der Waals surface area contributed by atoms with Gasteiger partial charge in [0.05, 0.1) is 24.3 Å². The number of nitrogens with zero attached hydrogens (tertiary/aromatic N) is 2. The number of benzene rings is 1. The zero-order chi connectivity index (χ0) is 21.3. The van der Waals surface area contributed by atoms with Gasteiger partial charge in [-0.3, -0.25) is 0 Å². The van der Waals surface area contributed by atoms with Crippen LogP contribution in [0.4, 0.5) is 19.0 Å². The summed E-state index contributed by atoms with van der Waals surface area (Å²) < 4.78 is 44.5. The highest BCUT2D eigenvalue weighted by Gasteiger charge is 2.32. The van der Waals surface area contributed by atoms with Gasteiger partial charge in [0.25, 0.3) is 0 Å². The van der Waals surface area contributed by atoms with Gasteiger partial charge >= 0.3 is 6.18 Å². The Morgan fingerprint density at radius 3 is 2.60 bits per heavy atom. The van der Waals surface area contributed by atoms with E-state index in [9.17, 15) is 23.4 Å². The maximum atomic E-state index is 13.0. The molecule has 2 heterocycles. The molecular formula is C21H24F3N3O3. The number of fused-ring (bicyclic) bond motifs is 1. The summed E-state index contributed by atoms with van der Waals surface area (Å²) in [5, 5.41) is 32.4. The molecular weight excluding hydrogens is 399 g/mol. The molecule has 1 aliphatic carbocycles. The van der Waals surface area contributed by atoms with Crippen molar-refractivity contribution >= 4 is 5.82 Å². The van der Waals surface area contributed by atoms with Crippen molar-refractivity contribution in [2.24, 2.45) is 0 Å². The average molecular weight is 423 g/mol. The number of nitrogens with one attached hydrogen (secondary N) is 1. The molecule has 2 aliphatic rings. The van der Waals surface area contributed by atoms with E-state index >= 15 is 0 Å². The molecule has 1 aromatic carbocycles. The lowest BCUT2D eigenvalue weighted by Crippen LogP contribution is -2.37. The Labute approximate surface area is 172 Å². The molecule has 1 fully saturated rings. The lowest BCUT2D eigenvalue weighted by Gasteiger charge is -2.29. The van der Waals surface area contributed by atoms with Crippen molar-refractivity contribution in [1.82, 2.24) is 10.2 Å². The van der Waals surface area contributed by atoms with E-state index in [1.54, 1.807) is 0 Å². The summed E-state index contributed by atoms with van der Waals surface area (Å²) in [5.41, 5.74) is 1.21. The molecule has 2 aromatic rings. The normalized spacial score (nSPS) is 22.3. The van der Waals surface area contributed by atoms with Gasteiger partial charge in [-0.05, 0) is 49.4 Å². The Hall–Kier alpha value is -2.39. The molecule has 0 spiro atoms. The first-order valence-electron chi connectivity index (χ1n) is 10.2. The summed E-state index contributed by atoms with van der Waals surface area (Å²) in [7, 11) is 0. The van der Waals surface area contributed by atoms with Crippen LogP contribution in [0.3, 0.4) is 0 Å². The molecule has 0 unspecified atom stereocenters. The van der Waals surface area contributed by atoms with Gasteiger partial charge in [0.15, 0.2) is 5.82 Å². The van der Waals surface area contributed by atoms with E-state index in [0.29, 0.717) is 30.6 Å². The fourth-order valence-corrected chi connectivity index (χ4v) is 4.15. The van der Waals surface area contributed by atoms with Gasteiger partial charge < -0.3 is 20.3 Å². The fraction of sp³-hybridized carbons (Fsp3) is 0.524. The minimum absolute atomic E-state index is 0.134. The van der Waals surface area contributed by atoms with Crippen molar-refractivity contribution in [2.45, 2.75) is 63.5 Å². The number of aromatic nitrogens is 2. The first-order valence-corrected chi connectivity index (χ1v) is 10.2. The Bertz CT molecular complexity index is 920. The number of alkyl halides is 3. The van der Waals surface area contributed by atoms with Crippen molar-refractivity contribution in [3.63, 3.8) is 0 Å². The number of ether oxygens (including phenoxy) is 1. The third-order valence-electron chi connectivity index (χ3n) is 5.78. The van der Waals surface area contributed by atoms with Crippen molar-refractivity contribution in [1.29, 1.82) is 0 Å². The van der Waals surface area contributed by atoms with Gasteiger partial charge in [0, 0.05) is 17.7 Å². The van der Waals surface area contributed by atoms with Gasteiger partial charge in [0.1, 0.15) is 11.4 Å². The molecule has 9 heteroatoms. The Morgan fingerprint density at radius 1 is 1.07 bits per heavy atom.